The van der Waals surface area contributed by atoms with Crippen molar-refractivity contribution in [1.82, 2.24) is 40.1 Å². The van der Waals surface area contributed by atoms with E-state index in [-0.39, 0.29) is 33.4 Å². The number of hydrogen-bond donors (Lipinski definition) is 7. The third kappa shape index (κ3) is 9.47. The average molecular weight is 1030 g/mol. The number of thiazole rings is 1. The van der Waals surface area contributed by atoms with E-state index in [0.29, 0.717) is 79.9 Å². The van der Waals surface area contributed by atoms with Crippen molar-refractivity contribution in [2.75, 3.05) is 36.5 Å². The number of nitrogens with zero attached hydrogens (tertiary/aromatic N) is 8. The van der Waals surface area contributed by atoms with Gasteiger partial charge in [-0.3, -0.25) is 14.8 Å². The van der Waals surface area contributed by atoms with E-state index < -0.39 is 42.6 Å². The van der Waals surface area contributed by atoms with Crippen LogP contribution in [0.3, 0.4) is 0 Å². The first kappa shape index (κ1) is 50.0. The summed E-state index contributed by atoms with van der Waals surface area (Å²) in [6.07, 6.45) is 3.28. The van der Waals surface area contributed by atoms with Crippen LogP contribution in [0.5, 0.6) is 0 Å². The summed E-state index contributed by atoms with van der Waals surface area (Å²) in [5.41, 5.74) is 5.88. The molecule has 7 N–H and O–H groups in total. The van der Waals surface area contributed by atoms with Crippen molar-refractivity contribution in [1.29, 1.82) is 0 Å². The molecule has 1 saturated heterocycles. The summed E-state index contributed by atoms with van der Waals surface area (Å²) in [7, 11) is 0. The first-order valence-corrected chi connectivity index (χ1v) is 26.2. The number of aromatic carboxylic acids is 1. The summed E-state index contributed by atoms with van der Waals surface area (Å²) in [5, 5.41) is 70.8. The number of nitrogens with one attached hydrogen (secondary N) is 2. The van der Waals surface area contributed by atoms with E-state index in [9.17, 15) is 39.9 Å². The molecule has 20 nitrogen and oxygen atoms in total. The molecule has 2 unspecified atom stereocenters. The van der Waals surface area contributed by atoms with Crippen LogP contribution in [0.1, 0.15) is 108 Å². The van der Waals surface area contributed by atoms with Crippen molar-refractivity contribution in [3.05, 3.63) is 101 Å². The quantitative estimate of drug-likeness (QED) is 0.0564. The maximum absolute atomic E-state index is 13.7. The Kier molecular flexibility index (Phi) is 13.0. The Morgan fingerprint density at radius 2 is 1.69 bits per heavy atom. The minimum atomic E-state index is -1.79. The fourth-order valence-electron chi connectivity index (χ4n) is 14.1. The van der Waals surface area contributed by atoms with Gasteiger partial charge in [-0.15, -0.1) is 5.10 Å². The molecule has 2 aliphatic heterocycles. The van der Waals surface area contributed by atoms with Crippen LogP contribution in [0, 0.1) is 23.2 Å². The average Bonchev–Trinajstić information content (AvgIpc) is 4.09. The van der Waals surface area contributed by atoms with Gasteiger partial charge < -0.3 is 45.2 Å². The van der Waals surface area contributed by atoms with Gasteiger partial charge in [0, 0.05) is 48.6 Å². The van der Waals surface area contributed by atoms with Gasteiger partial charge in [0.15, 0.2) is 23.2 Å². The number of aromatic nitrogens is 7. The summed E-state index contributed by atoms with van der Waals surface area (Å²) in [6, 6.07) is 17.2. The number of fused-ring (bicyclic) bond motifs is 2. The molecule has 5 fully saturated rings. The number of aliphatic carboxylic acids is 1. The number of amides is 1. The second kappa shape index (κ2) is 19.2. The van der Waals surface area contributed by atoms with Crippen molar-refractivity contribution in [2.45, 2.75) is 128 Å². The number of anilines is 2. The lowest BCUT2D eigenvalue weighted by Gasteiger charge is -2.69. The standard InChI is InChI=1S/C53H62N10O10S/c1-30-35(33-13-14-39(57-40(33)47(68)69)61-18-15-31-8-6-10-34(36(31)22-61)45(67)58-49-56-37-11-4-5-12-38(37)74-49)20-55-63(30)29-52-24-50(2)23-51(3,25-52)27-53(26-50,28-52)72-19-17-54-16-7-9-32-21-62(60-59-32)46-43(66)41(64)42(65)44(73-46)48(70)71/h4-6,8,10-14,20-21,41-44,46,54,64-66H,7,9,15-19,22-29H2,1-3H3,(H,68,69)(H,70,71)(H,56,58,67)/t41-,42-,43+,44-,46+,50?,51?,52?,53?/m0/s1. The highest BCUT2D eigenvalue weighted by Gasteiger charge is 2.66. The van der Waals surface area contributed by atoms with E-state index in [1.807, 2.05) is 66.4 Å². The van der Waals surface area contributed by atoms with Crippen molar-refractivity contribution >= 4 is 50.3 Å². The maximum atomic E-state index is 13.7. The zero-order valence-corrected chi connectivity index (χ0v) is 42.4. The second-order valence-corrected chi connectivity index (χ2v) is 23.3. The number of para-hydroxylation sites is 1. The Morgan fingerprint density at radius 1 is 0.892 bits per heavy atom. The zero-order valence-electron chi connectivity index (χ0n) is 41.6. The summed E-state index contributed by atoms with van der Waals surface area (Å²) in [5.74, 6) is -2.31. The van der Waals surface area contributed by atoms with E-state index in [1.165, 1.54) is 16.0 Å². The molecule has 4 bridgehead atoms. The lowest BCUT2D eigenvalue weighted by Crippen LogP contribution is -2.64. The third-order valence-electron chi connectivity index (χ3n) is 16.1. The molecule has 12 rings (SSSR count). The number of benzene rings is 2. The van der Waals surface area contributed by atoms with E-state index in [1.54, 1.807) is 12.4 Å². The Bertz CT molecular complexity index is 3090. The number of carboxylic acid groups (broad SMARTS) is 2. The number of ether oxygens (including phenoxy) is 2. The molecule has 2 aromatic carbocycles. The molecule has 0 radical (unpaired) electrons. The molecule has 7 atom stereocenters. The molecule has 4 saturated carbocycles. The Balaban J connectivity index is 0.722. The number of pyridine rings is 1. The van der Waals surface area contributed by atoms with Gasteiger partial charge in [0.2, 0.25) is 0 Å². The number of aliphatic hydroxyl groups is 3. The summed E-state index contributed by atoms with van der Waals surface area (Å²) in [4.78, 5) is 49.7. The van der Waals surface area contributed by atoms with Gasteiger partial charge >= 0.3 is 11.9 Å². The van der Waals surface area contributed by atoms with E-state index in [0.717, 1.165) is 77.5 Å². The third-order valence-corrected chi connectivity index (χ3v) is 17.0. The van der Waals surface area contributed by atoms with Crippen LogP contribution in [0.25, 0.3) is 21.3 Å². The van der Waals surface area contributed by atoms with Crippen LogP contribution in [-0.4, -0.2) is 134 Å². The normalized spacial score (nSPS) is 29.2. The van der Waals surface area contributed by atoms with Crippen LogP contribution in [-0.2, 0) is 40.2 Å². The molecule has 4 aliphatic carbocycles. The predicted octanol–water partition coefficient (Wildman–Crippen LogP) is 5.39. The van der Waals surface area contributed by atoms with E-state index in [4.69, 9.17) is 19.6 Å². The number of hydrogen-bond acceptors (Lipinski definition) is 16. The van der Waals surface area contributed by atoms with Crippen molar-refractivity contribution < 1.29 is 49.4 Å². The highest BCUT2D eigenvalue weighted by Crippen LogP contribution is 2.72. The largest absolute Gasteiger partial charge is 0.479 e. The van der Waals surface area contributed by atoms with Gasteiger partial charge in [-0.1, -0.05) is 54.7 Å². The van der Waals surface area contributed by atoms with Crippen LogP contribution < -0.4 is 15.5 Å². The molecule has 0 spiro atoms. The van der Waals surface area contributed by atoms with Gasteiger partial charge in [0.05, 0.1) is 40.5 Å². The predicted molar refractivity (Wildman–Crippen MR) is 272 cm³/mol. The Hall–Kier alpha value is -6.20. The lowest BCUT2D eigenvalue weighted by atomic mass is 9.39. The van der Waals surface area contributed by atoms with E-state index in [2.05, 4.69) is 44.5 Å². The van der Waals surface area contributed by atoms with E-state index >= 15 is 0 Å². The smallest absolute Gasteiger partial charge is 0.355 e. The molecule has 6 aromatic rings. The Labute approximate surface area is 430 Å². The minimum absolute atomic E-state index is 0.0483. The number of carbonyl (C=O) groups excluding carboxylic acids is 1. The van der Waals surface area contributed by atoms with Crippen molar-refractivity contribution in [3.8, 4) is 11.1 Å². The zero-order chi connectivity index (χ0) is 51.7. The van der Waals surface area contributed by atoms with Crippen LogP contribution in [0.2, 0.25) is 0 Å². The first-order valence-electron chi connectivity index (χ1n) is 25.4. The lowest BCUT2D eigenvalue weighted by molar-refractivity contribution is -0.249. The number of rotatable bonds is 17. The number of carbonyl (C=O) groups is 3. The fraction of sp³-hybridized carbons (Fsp3) is 0.509. The molecular weight excluding hydrogens is 969 g/mol. The van der Waals surface area contributed by atoms with Crippen LogP contribution >= 0.6 is 11.3 Å². The highest BCUT2D eigenvalue weighted by molar-refractivity contribution is 7.22. The summed E-state index contributed by atoms with van der Waals surface area (Å²) >= 11 is 1.43. The topological polar surface area (TPSA) is 272 Å². The van der Waals surface area contributed by atoms with Gasteiger partial charge in [0.25, 0.3) is 5.91 Å². The molecule has 6 aliphatic rings. The maximum Gasteiger partial charge on any atom is 0.355 e. The highest BCUT2D eigenvalue weighted by atomic mass is 32.1. The van der Waals surface area contributed by atoms with Gasteiger partial charge in [-0.05, 0) is 129 Å². The van der Waals surface area contributed by atoms with Crippen LogP contribution in [0.4, 0.5) is 10.9 Å². The second-order valence-electron chi connectivity index (χ2n) is 22.2. The van der Waals surface area contributed by atoms with Gasteiger partial charge in [-0.25, -0.2) is 24.2 Å². The van der Waals surface area contributed by atoms with Crippen molar-refractivity contribution in [3.63, 3.8) is 0 Å². The molecule has 6 heterocycles. The summed E-state index contributed by atoms with van der Waals surface area (Å²) < 4.78 is 16.6. The number of carboxylic acids is 2. The number of aliphatic hydroxyl groups excluding tert-OH is 3. The fourth-order valence-corrected chi connectivity index (χ4v) is 15.0. The molecule has 74 heavy (non-hydrogen) atoms. The SMILES string of the molecule is Cc1c(-c2ccc(N3CCc4cccc(C(=O)Nc5nc6ccccc6s5)c4C3)nc2C(=O)O)cnn1CC12CC3(C)CC(C)(C1)CC(OCCNCCCc1cn([C@@H]4O[C@H](C(=O)O)[C@@H](O)[C@H](O)[C@H]4O)nn1)(C3)C2. The Morgan fingerprint density at radius 3 is 2.46 bits per heavy atom. The first-order chi connectivity index (χ1) is 35.4. The summed E-state index contributed by atoms with van der Waals surface area (Å²) in [6.45, 7) is 10.4. The number of aryl methyl sites for hydroxylation is 1. The molecule has 1 amide bonds. The van der Waals surface area contributed by atoms with Gasteiger partial charge in [-0.2, -0.15) is 5.10 Å². The van der Waals surface area contributed by atoms with Crippen LogP contribution in [0.15, 0.2) is 67.0 Å². The monoisotopic (exact) mass is 1030 g/mol. The van der Waals surface area contributed by atoms with Crippen molar-refractivity contribution in [2.24, 2.45) is 16.2 Å². The van der Waals surface area contributed by atoms with Gasteiger partial charge in [0.1, 0.15) is 24.1 Å². The molecular formula is C53H62N10O10S. The minimum Gasteiger partial charge on any atom is -0.479 e. The molecule has 21 heteroatoms. The molecule has 4 aromatic heterocycles. The molecule has 390 valence electrons.